The second-order valence-electron chi connectivity index (χ2n) is 10.8. The molecule has 2 aliphatic carbocycles. The molecule has 4 N–H and O–H groups in total. The SMILES string of the molecule is CN1N=C(OCC2CCOC2)C2NC=CC(Nc3cc(C4CCC(OC(=O)NC5(C)CC5)C4)[nH]n3)=C21. The quantitative estimate of drug-likeness (QED) is 0.453. The van der Waals surface area contributed by atoms with Crippen LogP contribution < -0.4 is 16.0 Å². The maximum Gasteiger partial charge on any atom is 0.407 e. The minimum atomic E-state index is -0.295. The van der Waals surface area contributed by atoms with Crippen LogP contribution in [0.1, 0.15) is 57.1 Å². The molecule has 3 aliphatic heterocycles. The third kappa shape index (κ3) is 4.88. The molecule has 1 aromatic rings. The molecule has 6 rings (SSSR count). The number of hydrogen-bond donors (Lipinski definition) is 4. The third-order valence-electron chi connectivity index (χ3n) is 7.76. The van der Waals surface area contributed by atoms with Crippen molar-refractivity contribution in [3.8, 4) is 0 Å². The standard InChI is InChI=1S/C25H35N7O4/c1-25(7-8-25)28-24(33)36-17-4-3-16(11-17)19-12-20(30-29-19)27-18-5-9-26-21-22(18)32(2)31-23(21)35-14-15-6-10-34-13-15/h5,9,12,15-17,21,26H,3-4,6-8,10-11,13-14H2,1-2H3,(H,28,33)(H2,27,29,30). The molecular weight excluding hydrogens is 462 g/mol. The summed E-state index contributed by atoms with van der Waals surface area (Å²) in [6, 6.07) is 1.91. The van der Waals surface area contributed by atoms with Crippen LogP contribution in [0.2, 0.25) is 0 Å². The highest BCUT2D eigenvalue weighted by Gasteiger charge is 2.40. The average molecular weight is 498 g/mol. The van der Waals surface area contributed by atoms with Crippen molar-refractivity contribution >= 4 is 17.8 Å². The van der Waals surface area contributed by atoms with Crippen molar-refractivity contribution in [1.82, 2.24) is 25.8 Å². The van der Waals surface area contributed by atoms with Crippen molar-refractivity contribution in [1.29, 1.82) is 0 Å². The summed E-state index contributed by atoms with van der Waals surface area (Å²) in [5, 5.41) is 23.9. The summed E-state index contributed by atoms with van der Waals surface area (Å²) < 4.78 is 17.2. The highest BCUT2D eigenvalue weighted by atomic mass is 16.6. The lowest BCUT2D eigenvalue weighted by Crippen LogP contribution is -2.38. The molecule has 3 fully saturated rings. The highest BCUT2D eigenvalue weighted by Crippen LogP contribution is 2.38. The molecule has 0 radical (unpaired) electrons. The lowest BCUT2D eigenvalue weighted by atomic mass is 10.0. The van der Waals surface area contributed by atoms with Crippen LogP contribution in [-0.4, -0.2) is 71.8 Å². The number of dihydropyridines is 1. The fourth-order valence-electron chi connectivity index (χ4n) is 5.31. The number of ether oxygens (including phenoxy) is 3. The topological polar surface area (TPSA) is 125 Å². The van der Waals surface area contributed by atoms with Crippen molar-refractivity contribution in [2.75, 3.05) is 32.2 Å². The number of hydrazone groups is 1. The minimum absolute atomic E-state index is 0.0615. The van der Waals surface area contributed by atoms with Gasteiger partial charge >= 0.3 is 6.09 Å². The number of alkyl carbamates (subject to hydrolysis) is 1. The first kappa shape index (κ1) is 23.2. The summed E-state index contributed by atoms with van der Waals surface area (Å²) >= 11 is 0. The zero-order chi connectivity index (χ0) is 24.7. The maximum atomic E-state index is 12.2. The summed E-state index contributed by atoms with van der Waals surface area (Å²) in [7, 11) is 1.92. The molecule has 0 aromatic carbocycles. The molecule has 5 aliphatic rings. The van der Waals surface area contributed by atoms with E-state index in [4.69, 9.17) is 14.2 Å². The first-order chi connectivity index (χ1) is 17.5. The van der Waals surface area contributed by atoms with E-state index in [2.05, 4.69) is 38.2 Å². The molecule has 11 heteroatoms. The van der Waals surface area contributed by atoms with Gasteiger partial charge in [-0.15, -0.1) is 5.10 Å². The van der Waals surface area contributed by atoms with Gasteiger partial charge in [0, 0.05) is 42.8 Å². The Kier molecular flexibility index (Phi) is 6.02. The number of carbonyl (C=O) groups is 1. The van der Waals surface area contributed by atoms with Crippen molar-refractivity contribution in [3.63, 3.8) is 0 Å². The summed E-state index contributed by atoms with van der Waals surface area (Å²) in [6.45, 7) is 4.22. The largest absolute Gasteiger partial charge is 0.478 e. The van der Waals surface area contributed by atoms with Crippen molar-refractivity contribution in [2.24, 2.45) is 11.0 Å². The number of aromatic nitrogens is 2. The number of H-pyrrole nitrogens is 1. The van der Waals surface area contributed by atoms with Crippen LogP contribution in [0.3, 0.4) is 0 Å². The molecule has 2 saturated carbocycles. The number of nitrogens with zero attached hydrogens (tertiary/aromatic N) is 3. The van der Waals surface area contributed by atoms with Crippen LogP contribution in [0, 0.1) is 5.92 Å². The van der Waals surface area contributed by atoms with Gasteiger partial charge < -0.3 is 30.2 Å². The molecule has 1 amide bonds. The fourth-order valence-corrected chi connectivity index (χ4v) is 5.31. The zero-order valence-electron chi connectivity index (χ0n) is 20.9. The molecular formula is C25H35N7O4. The first-order valence-electron chi connectivity index (χ1n) is 13.0. The normalized spacial score (nSPS) is 30.1. The predicted molar refractivity (Wildman–Crippen MR) is 133 cm³/mol. The molecule has 0 bridgehead atoms. The molecule has 0 spiro atoms. The summed E-state index contributed by atoms with van der Waals surface area (Å²) in [5.74, 6) is 2.12. The van der Waals surface area contributed by atoms with Crippen LogP contribution in [0.5, 0.6) is 0 Å². The zero-order valence-corrected chi connectivity index (χ0v) is 20.9. The molecule has 4 atom stereocenters. The lowest BCUT2D eigenvalue weighted by molar-refractivity contribution is 0.0967. The number of fused-ring (bicyclic) bond motifs is 1. The summed E-state index contributed by atoms with van der Waals surface area (Å²) in [4.78, 5) is 12.2. The van der Waals surface area contributed by atoms with Crippen LogP contribution in [0.25, 0.3) is 0 Å². The number of rotatable bonds is 7. The van der Waals surface area contributed by atoms with Crippen LogP contribution in [0.4, 0.5) is 10.6 Å². The molecule has 36 heavy (non-hydrogen) atoms. The van der Waals surface area contributed by atoms with Gasteiger partial charge in [-0.3, -0.25) is 10.1 Å². The summed E-state index contributed by atoms with van der Waals surface area (Å²) in [6.07, 6.45) is 9.23. The number of likely N-dealkylation sites (N-methyl/N-ethyl adjacent to an activating group) is 1. The number of allylic oxidation sites excluding steroid dienone is 1. The van der Waals surface area contributed by atoms with Crippen LogP contribution in [-0.2, 0) is 14.2 Å². The number of carbonyl (C=O) groups excluding carboxylic acids is 1. The number of aromatic amines is 1. The van der Waals surface area contributed by atoms with E-state index < -0.39 is 0 Å². The fraction of sp³-hybridized carbons (Fsp3) is 0.640. The Balaban J connectivity index is 1.06. The van der Waals surface area contributed by atoms with Crippen molar-refractivity contribution in [3.05, 3.63) is 35.4 Å². The third-order valence-corrected chi connectivity index (χ3v) is 7.76. The number of amides is 1. The van der Waals surface area contributed by atoms with E-state index in [9.17, 15) is 4.79 Å². The smallest absolute Gasteiger partial charge is 0.407 e. The van der Waals surface area contributed by atoms with Gasteiger partial charge in [-0.25, -0.2) is 4.79 Å². The van der Waals surface area contributed by atoms with E-state index in [0.29, 0.717) is 18.4 Å². The number of anilines is 1. The second-order valence-corrected chi connectivity index (χ2v) is 10.8. The molecule has 194 valence electrons. The van der Waals surface area contributed by atoms with Gasteiger partial charge in [0.1, 0.15) is 12.1 Å². The Bertz CT molecular complexity index is 1090. The number of hydrogen-bond acceptors (Lipinski definition) is 9. The number of nitrogens with one attached hydrogen (secondary N) is 4. The van der Waals surface area contributed by atoms with E-state index in [1.165, 1.54) is 0 Å². The first-order valence-corrected chi connectivity index (χ1v) is 13.0. The maximum absolute atomic E-state index is 12.2. The Morgan fingerprint density at radius 1 is 1.33 bits per heavy atom. The van der Waals surface area contributed by atoms with Gasteiger partial charge in [0.2, 0.25) is 5.90 Å². The van der Waals surface area contributed by atoms with Gasteiger partial charge in [0.05, 0.1) is 24.6 Å². The second kappa shape index (κ2) is 9.34. The Hall–Kier alpha value is -3.21. The highest BCUT2D eigenvalue weighted by molar-refractivity contribution is 5.88. The Labute approximate surface area is 210 Å². The Morgan fingerprint density at radius 2 is 2.22 bits per heavy atom. The van der Waals surface area contributed by atoms with E-state index in [-0.39, 0.29) is 29.7 Å². The molecule has 4 heterocycles. The molecule has 1 saturated heterocycles. The molecule has 1 aromatic heterocycles. The average Bonchev–Trinajstić information content (AvgIpc) is 3.40. The molecule has 4 unspecified atom stereocenters. The summed E-state index contributed by atoms with van der Waals surface area (Å²) in [5.41, 5.74) is 2.90. The Morgan fingerprint density at radius 3 is 3.03 bits per heavy atom. The predicted octanol–water partition coefficient (Wildman–Crippen LogP) is 2.75. The van der Waals surface area contributed by atoms with E-state index in [0.717, 1.165) is 74.6 Å². The van der Waals surface area contributed by atoms with Gasteiger partial charge in [-0.2, -0.15) is 5.10 Å². The van der Waals surface area contributed by atoms with Crippen LogP contribution >= 0.6 is 0 Å². The van der Waals surface area contributed by atoms with E-state index >= 15 is 0 Å². The van der Waals surface area contributed by atoms with E-state index in [1.807, 2.05) is 30.4 Å². The van der Waals surface area contributed by atoms with Gasteiger partial charge in [-0.1, -0.05) is 0 Å². The minimum Gasteiger partial charge on any atom is -0.478 e. The van der Waals surface area contributed by atoms with Gasteiger partial charge in [0.15, 0.2) is 5.82 Å². The van der Waals surface area contributed by atoms with E-state index in [1.54, 1.807) is 0 Å². The monoisotopic (exact) mass is 497 g/mol. The van der Waals surface area contributed by atoms with Gasteiger partial charge in [0.25, 0.3) is 0 Å². The van der Waals surface area contributed by atoms with Gasteiger partial charge in [-0.05, 0) is 57.7 Å². The molecule has 11 nitrogen and oxygen atoms in total. The van der Waals surface area contributed by atoms with Crippen molar-refractivity contribution in [2.45, 2.75) is 69.1 Å². The van der Waals surface area contributed by atoms with Crippen LogP contribution in [0.15, 0.2) is 34.8 Å². The lowest BCUT2D eigenvalue weighted by Gasteiger charge is -2.24. The van der Waals surface area contributed by atoms with Crippen molar-refractivity contribution < 1.29 is 19.0 Å².